The lowest BCUT2D eigenvalue weighted by Crippen LogP contribution is -2.02. The van der Waals surface area contributed by atoms with E-state index >= 15 is 0 Å². The molecule has 0 heterocycles. The molecule has 0 aliphatic heterocycles. The SMILES string of the molecule is CCCCCCCCCCCCCCCCCCN.COC(=O)c1ccc(C(=O)O)cc1. The van der Waals surface area contributed by atoms with Crippen molar-refractivity contribution in [1.82, 2.24) is 0 Å². The minimum absolute atomic E-state index is 0.146. The third-order valence-corrected chi connectivity index (χ3v) is 5.61. The van der Waals surface area contributed by atoms with Crippen LogP contribution in [-0.2, 0) is 4.74 Å². The zero-order valence-electron chi connectivity index (χ0n) is 20.6. The summed E-state index contributed by atoms with van der Waals surface area (Å²) in [6, 6.07) is 5.54. The highest BCUT2D eigenvalue weighted by atomic mass is 16.5. The molecule has 3 N–H and O–H groups in total. The van der Waals surface area contributed by atoms with Crippen molar-refractivity contribution in [3.8, 4) is 0 Å². The van der Waals surface area contributed by atoms with Gasteiger partial charge < -0.3 is 15.6 Å². The van der Waals surface area contributed by atoms with E-state index in [0.29, 0.717) is 5.56 Å². The summed E-state index contributed by atoms with van der Waals surface area (Å²) < 4.78 is 4.45. The lowest BCUT2D eigenvalue weighted by atomic mass is 10.0. The van der Waals surface area contributed by atoms with Crippen molar-refractivity contribution in [2.45, 2.75) is 110 Å². The number of carboxylic acid groups (broad SMARTS) is 1. The molecule has 0 atom stereocenters. The average Bonchev–Trinajstić information content (AvgIpc) is 2.81. The van der Waals surface area contributed by atoms with Crippen molar-refractivity contribution in [3.63, 3.8) is 0 Å². The first-order chi connectivity index (χ1) is 15.6. The van der Waals surface area contributed by atoms with Crippen molar-refractivity contribution in [1.29, 1.82) is 0 Å². The number of carbonyl (C=O) groups excluding carboxylic acids is 1. The van der Waals surface area contributed by atoms with Crippen molar-refractivity contribution in [2.75, 3.05) is 13.7 Å². The lowest BCUT2D eigenvalue weighted by Gasteiger charge is -2.03. The normalized spacial score (nSPS) is 10.3. The number of esters is 1. The maximum absolute atomic E-state index is 10.9. The number of carboxylic acids is 1. The highest BCUT2D eigenvalue weighted by molar-refractivity contribution is 5.92. The first-order valence-corrected chi connectivity index (χ1v) is 12.7. The molecular weight excluding hydrogens is 402 g/mol. The summed E-state index contributed by atoms with van der Waals surface area (Å²) in [4.78, 5) is 21.4. The fourth-order valence-electron chi connectivity index (χ4n) is 3.56. The number of hydrogen-bond donors (Lipinski definition) is 2. The van der Waals surface area contributed by atoms with Gasteiger partial charge >= 0.3 is 11.9 Å². The molecule has 0 aliphatic carbocycles. The second kappa shape index (κ2) is 22.3. The van der Waals surface area contributed by atoms with Gasteiger partial charge in [-0.3, -0.25) is 0 Å². The number of benzene rings is 1. The first-order valence-electron chi connectivity index (χ1n) is 12.7. The molecule has 0 saturated heterocycles. The minimum Gasteiger partial charge on any atom is -0.478 e. The molecule has 0 amide bonds. The Morgan fingerprint density at radius 1 is 0.688 bits per heavy atom. The van der Waals surface area contributed by atoms with Gasteiger partial charge in [0.15, 0.2) is 0 Å². The molecule has 1 rings (SSSR count). The monoisotopic (exact) mass is 449 g/mol. The average molecular weight is 450 g/mol. The van der Waals surface area contributed by atoms with Crippen LogP contribution >= 0.6 is 0 Å². The van der Waals surface area contributed by atoms with E-state index in [4.69, 9.17) is 10.8 Å². The highest BCUT2D eigenvalue weighted by Gasteiger charge is 2.06. The van der Waals surface area contributed by atoms with Gasteiger partial charge in [-0.25, -0.2) is 9.59 Å². The highest BCUT2D eigenvalue weighted by Crippen LogP contribution is 2.13. The van der Waals surface area contributed by atoms with E-state index in [1.54, 1.807) is 0 Å². The molecule has 32 heavy (non-hydrogen) atoms. The Morgan fingerprint density at radius 2 is 1.03 bits per heavy atom. The Kier molecular flexibility index (Phi) is 21.0. The number of ether oxygens (including phenoxy) is 1. The Bertz CT molecular complexity index is 556. The number of unbranched alkanes of at least 4 members (excludes halogenated alkanes) is 15. The predicted octanol–water partition coefficient (Wildman–Crippen LogP) is 7.38. The van der Waals surface area contributed by atoms with Crippen molar-refractivity contribution < 1.29 is 19.4 Å². The van der Waals surface area contributed by atoms with Crippen molar-refractivity contribution in [2.24, 2.45) is 5.73 Å². The van der Waals surface area contributed by atoms with Crippen LogP contribution in [0.15, 0.2) is 24.3 Å². The minimum atomic E-state index is -1.02. The number of aromatic carboxylic acids is 1. The summed E-state index contributed by atoms with van der Waals surface area (Å²) in [5, 5.41) is 8.56. The fraction of sp³-hybridized carbons (Fsp3) is 0.704. The van der Waals surface area contributed by atoms with Crippen LogP contribution in [0.4, 0.5) is 0 Å². The van der Waals surface area contributed by atoms with E-state index in [9.17, 15) is 9.59 Å². The maximum Gasteiger partial charge on any atom is 0.337 e. The third-order valence-electron chi connectivity index (χ3n) is 5.61. The summed E-state index contributed by atoms with van der Waals surface area (Å²) in [6.45, 7) is 3.16. The number of rotatable bonds is 18. The summed E-state index contributed by atoms with van der Waals surface area (Å²) in [6.07, 6.45) is 22.9. The number of methoxy groups -OCH3 is 1. The first kappa shape index (κ1) is 30.1. The van der Waals surface area contributed by atoms with E-state index in [1.165, 1.54) is 134 Å². The Balaban J connectivity index is 0.000000641. The molecule has 0 fully saturated rings. The standard InChI is InChI=1S/C18H39N.C9H8O4/c1-2-3-4-5-6-7-8-9-10-11-12-13-14-15-16-17-18-19;1-13-9(12)7-4-2-6(3-5-7)8(10)11/h2-19H2,1H3;2-5H,1H3,(H,10,11). The topological polar surface area (TPSA) is 89.6 Å². The summed E-state index contributed by atoms with van der Waals surface area (Å²) in [5.41, 5.74) is 5.97. The summed E-state index contributed by atoms with van der Waals surface area (Å²) in [7, 11) is 1.27. The van der Waals surface area contributed by atoms with Crippen LogP contribution in [0.2, 0.25) is 0 Å². The van der Waals surface area contributed by atoms with Crippen LogP contribution < -0.4 is 5.73 Å². The molecule has 1 aromatic rings. The van der Waals surface area contributed by atoms with Gasteiger partial charge in [0.1, 0.15) is 0 Å². The number of nitrogens with two attached hydrogens (primary N) is 1. The van der Waals surface area contributed by atoms with Crippen molar-refractivity contribution >= 4 is 11.9 Å². The summed E-state index contributed by atoms with van der Waals surface area (Å²) >= 11 is 0. The van der Waals surface area contributed by atoms with Crippen molar-refractivity contribution in [3.05, 3.63) is 35.4 Å². The molecule has 184 valence electrons. The van der Waals surface area contributed by atoms with E-state index in [2.05, 4.69) is 11.7 Å². The van der Waals surface area contributed by atoms with Gasteiger partial charge in [0, 0.05) is 0 Å². The van der Waals surface area contributed by atoms with Crippen LogP contribution in [0.5, 0.6) is 0 Å². The van der Waals surface area contributed by atoms with Crippen LogP contribution in [0.3, 0.4) is 0 Å². The molecule has 0 aromatic heterocycles. The summed E-state index contributed by atoms with van der Waals surface area (Å²) in [5.74, 6) is -1.49. The largest absolute Gasteiger partial charge is 0.478 e. The Morgan fingerprint density at radius 3 is 1.34 bits per heavy atom. The second-order valence-electron chi connectivity index (χ2n) is 8.47. The molecule has 0 spiro atoms. The molecule has 0 saturated carbocycles. The van der Waals surface area contributed by atoms with Crippen LogP contribution in [-0.4, -0.2) is 30.7 Å². The number of hydrogen-bond acceptors (Lipinski definition) is 4. The Hall–Kier alpha value is -1.88. The molecule has 5 nitrogen and oxygen atoms in total. The number of carbonyl (C=O) groups is 2. The fourth-order valence-corrected chi connectivity index (χ4v) is 3.56. The molecular formula is C27H47NO4. The quantitative estimate of drug-likeness (QED) is 0.180. The van der Waals surface area contributed by atoms with Crippen LogP contribution in [0, 0.1) is 0 Å². The molecule has 0 aliphatic rings. The van der Waals surface area contributed by atoms with Gasteiger partial charge in [-0.2, -0.15) is 0 Å². The van der Waals surface area contributed by atoms with E-state index < -0.39 is 11.9 Å². The molecule has 0 bridgehead atoms. The van der Waals surface area contributed by atoms with E-state index in [1.807, 2.05) is 0 Å². The smallest absolute Gasteiger partial charge is 0.337 e. The van der Waals surface area contributed by atoms with Gasteiger partial charge in [0.05, 0.1) is 18.2 Å². The van der Waals surface area contributed by atoms with E-state index in [0.717, 1.165) is 6.54 Å². The van der Waals surface area contributed by atoms with Gasteiger partial charge in [0.2, 0.25) is 0 Å². The van der Waals surface area contributed by atoms with Crippen LogP contribution in [0.1, 0.15) is 130 Å². The van der Waals surface area contributed by atoms with Gasteiger partial charge in [-0.15, -0.1) is 0 Å². The molecule has 0 unspecified atom stereocenters. The second-order valence-corrected chi connectivity index (χ2v) is 8.47. The van der Waals surface area contributed by atoms with Gasteiger partial charge in [0.25, 0.3) is 0 Å². The van der Waals surface area contributed by atoms with Crippen LogP contribution in [0.25, 0.3) is 0 Å². The molecule has 5 heteroatoms. The zero-order valence-corrected chi connectivity index (χ0v) is 20.6. The van der Waals surface area contributed by atoms with E-state index in [-0.39, 0.29) is 5.56 Å². The molecule has 1 aromatic carbocycles. The zero-order chi connectivity index (χ0) is 23.9. The molecule has 0 radical (unpaired) electrons. The maximum atomic E-state index is 10.9. The Labute approximate surface area is 196 Å². The third kappa shape index (κ3) is 17.8. The predicted molar refractivity (Wildman–Crippen MR) is 133 cm³/mol. The van der Waals surface area contributed by atoms with Gasteiger partial charge in [-0.05, 0) is 37.2 Å². The lowest BCUT2D eigenvalue weighted by molar-refractivity contribution is 0.0598. The van der Waals surface area contributed by atoms with Gasteiger partial charge in [-0.1, -0.05) is 103 Å².